The molecule has 1 aromatic heterocycles. The fourth-order valence-electron chi connectivity index (χ4n) is 1.09. The molecule has 3 nitrogen and oxygen atoms in total. The average molecular weight is 273 g/mol. The molecular formula is C9H7BrClN3. The van der Waals surface area contributed by atoms with Crippen molar-refractivity contribution in [1.29, 1.82) is 0 Å². The maximum Gasteiger partial charge on any atom is 0.160 e. The van der Waals surface area contributed by atoms with E-state index in [1.54, 1.807) is 10.9 Å². The first-order valence-electron chi connectivity index (χ1n) is 3.93. The molecule has 1 aromatic carbocycles. The molecule has 5 heteroatoms. The predicted molar refractivity (Wildman–Crippen MR) is 60.7 cm³/mol. The molecule has 1 heterocycles. The maximum atomic E-state index is 5.77. The van der Waals surface area contributed by atoms with Crippen LogP contribution in [0.25, 0.3) is 5.69 Å². The van der Waals surface area contributed by atoms with Gasteiger partial charge in [0, 0.05) is 11.2 Å². The molecule has 0 saturated heterocycles. The Hall–Kier alpha value is -1.000. The van der Waals surface area contributed by atoms with E-state index in [0.717, 1.165) is 10.2 Å². The molecule has 0 radical (unpaired) electrons. The van der Waals surface area contributed by atoms with Crippen LogP contribution in [0.5, 0.6) is 0 Å². The number of nitrogens with two attached hydrogens (primary N) is 1. The third kappa shape index (κ3) is 1.76. The fourth-order valence-corrected chi connectivity index (χ4v) is 1.49. The third-order valence-corrected chi connectivity index (χ3v) is 2.65. The molecule has 0 aliphatic rings. The van der Waals surface area contributed by atoms with Gasteiger partial charge in [0.25, 0.3) is 0 Å². The van der Waals surface area contributed by atoms with Gasteiger partial charge >= 0.3 is 0 Å². The van der Waals surface area contributed by atoms with Crippen molar-refractivity contribution in [2.75, 3.05) is 5.73 Å². The van der Waals surface area contributed by atoms with Gasteiger partial charge in [-0.05, 0) is 40.2 Å². The molecule has 0 aliphatic heterocycles. The Kier molecular flexibility index (Phi) is 2.48. The van der Waals surface area contributed by atoms with Gasteiger partial charge in [0.05, 0.1) is 10.2 Å². The van der Waals surface area contributed by atoms with Crippen molar-refractivity contribution in [3.63, 3.8) is 0 Å². The Labute approximate surface area is 94.6 Å². The first-order chi connectivity index (χ1) is 6.66. The molecule has 2 rings (SSSR count). The lowest BCUT2D eigenvalue weighted by Gasteiger charge is -1.99. The summed E-state index contributed by atoms with van der Waals surface area (Å²) in [7, 11) is 0. The second-order valence-corrected chi connectivity index (χ2v) is 4.07. The summed E-state index contributed by atoms with van der Waals surface area (Å²) >= 11 is 9.07. The molecule has 0 amide bonds. The highest BCUT2D eigenvalue weighted by atomic mass is 79.9. The van der Waals surface area contributed by atoms with E-state index in [2.05, 4.69) is 21.0 Å². The Morgan fingerprint density at radius 2 is 1.93 bits per heavy atom. The molecule has 0 unspecified atom stereocenters. The van der Waals surface area contributed by atoms with E-state index in [1.165, 1.54) is 0 Å². The molecule has 0 spiro atoms. The van der Waals surface area contributed by atoms with Crippen LogP contribution in [0.15, 0.2) is 34.9 Å². The number of rotatable bonds is 1. The second-order valence-electron chi connectivity index (χ2n) is 2.78. The molecule has 0 aliphatic carbocycles. The van der Waals surface area contributed by atoms with Gasteiger partial charge in [-0.1, -0.05) is 11.6 Å². The molecule has 0 fully saturated rings. The van der Waals surface area contributed by atoms with E-state index in [4.69, 9.17) is 17.3 Å². The Morgan fingerprint density at radius 1 is 1.29 bits per heavy atom. The Bertz CT molecular complexity index is 430. The summed E-state index contributed by atoms with van der Waals surface area (Å²) in [6.45, 7) is 0. The lowest BCUT2D eigenvalue weighted by Crippen LogP contribution is -1.95. The normalized spacial score (nSPS) is 10.4. The zero-order valence-corrected chi connectivity index (χ0v) is 9.46. The first-order valence-corrected chi connectivity index (χ1v) is 5.10. The molecule has 2 aromatic rings. The minimum Gasteiger partial charge on any atom is -0.381 e. The summed E-state index contributed by atoms with van der Waals surface area (Å²) in [5.41, 5.74) is 6.53. The number of aromatic nitrogens is 2. The molecule has 0 saturated carbocycles. The van der Waals surface area contributed by atoms with Crippen LogP contribution in [0.4, 0.5) is 5.82 Å². The van der Waals surface area contributed by atoms with Crippen LogP contribution in [0.1, 0.15) is 0 Å². The third-order valence-electron chi connectivity index (χ3n) is 1.79. The lowest BCUT2D eigenvalue weighted by atomic mass is 10.3. The highest BCUT2D eigenvalue weighted by Gasteiger charge is 2.03. The summed E-state index contributed by atoms with van der Waals surface area (Å²) < 4.78 is 2.47. The van der Waals surface area contributed by atoms with Gasteiger partial charge in [0.2, 0.25) is 0 Å². The van der Waals surface area contributed by atoms with Gasteiger partial charge in [-0.15, -0.1) is 5.10 Å². The monoisotopic (exact) mass is 271 g/mol. The van der Waals surface area contributed by atoms with E-state index in [-0.39, 0.29) is 0 Å². The summed E-state index contributed by atoms with van der Waals surface area (Å²) in [5, 5.41) is 4.82. The smallest absolute Gasteiger partial charge is 0.160 e. The fraction of sp³-hybridized carbons (Fsp3) is 0. The largest absolute Gasteiger partial charge is 0.381 e. The molecule has 0 atom stereocenters. The van der Waals surface area contributed by atoms with E-state index in [1.807, 2.05) is 24.3 Å². The number of hydrogen-bond acceptors (Lipinski definition) is 2. The van der Waals surface area contributed by atoms with Crippen LogP contribution in [-0.2, 0) is 0 Å². The van der Waals surface area contributed by atoms with Crippen molar-refractivity contribution in [3.05, 3.63) is 40.0 Å². The van der Waals surface area contributed by atoms with Crippen molar-refractivity contribution in [1.82, 2.24) is 9.78 Å². The summed E-state index contributed by atoms with van der Waals surface area (Å²) in [6.07, 6.45) is 1.80. The Morgan fingerprint density at radius 3 is 2.43 bits per heavy atom. The topological polar surface area (TPSA) is 43.8 Å². The zero-order valence-electron chi connectivity index (χ0n) is 7.11. The number of nitrogen functional groups attached to an aromatic ring is 1. The van der Waals surface area contributed by atoms with E-state index in [9.17, 15) is 0 Å². The number of anilines is 1. The van der Waals surface area contributed by atoms with Crippen molar-refractivity contribution >= 4 is 33.3 Å². The highest BCUT2D eigenvalue weighted by molar-refractivity contribution is 9.10. The van der Waals surface area contributed by atoms with Crippen LogP contribution in [0.3, 0.4) is 0 Å². The van der Waals surface area contributed by atoms with E-state index in [0.29, 0.717) is 10.8 Å². The minimum atomic E-state index is 0.472. The van der Waals surface area contributed by atoms with Crippen LogP contribution in [0.2, 0.25) is 5.02 Å². The molecule has 0 bridgehead atoms. The number of nitrogens with zero attached hydrogens (tertiary/aromatic N) is 2. The standard InChI is InChI=1S/C9H7BrClN3/c10-8-5-14(13-9(8)12)7-3-1-6(11)2-4-7/h1-5H,(H2,12,13). The van der Waals surface area contributed by atoms with Crippen LogP contribution >= 0.6 is 27.5 Å². The maximum absolute atomic E-state index is 5.77. The average Bonchev–Trinajstić information content (AvgIpc) is 2.48. The number of benzene rings is 1. The SMILES string of the molecule is Nc1nn(-c2ccc(Cl)cc2)cc1Br. The molecule has 72 valence electrons. The van der Waals surface area contributed by atoms with Gasteiger partial charge in [0.1, 0.15) is 0 Å². The quantitative estimate of drug-likeness (QED) is 0.867. The molecule has 14 heavy (non-hydrogen) atoms. The van der Waals surface area contributed by atoms with Gasteiger partial charge in [-0.3, -0.25) is 0 Å². The summed E-state index contributed by atoms with van der Waals surface area (Å²) in [5.74, 6) is 0.472. The number of hydrogen-bond donors (Lipinski definition) is 1. The van der Waals surface area contributed by atoms with Gasteiger partial charge in [-0.25, -0.2) is 4.68 Å². The second kappa shape index (κ2) is 3.63. The number of halogens is 2. The summed E-state index contributed by atoms with van der Waals surface area (Å²) in [6, 6.07) is 7.37. The molecular weight excluding hydrogens is 265 g/mol. The van der Waals surface area contributed by atoms with Crippen molar-refractivity contribution in [2.24, 2.45) is 0 Å². The van der Waals surface area contributed by atoms with Crippen LogP contribution in [-0.4, -0.2) is 9.78 Å². The first kappa shape index (κ1) is 9.55. The van der Waals surface area contributed by atoms with Gasteiger partial charge in [0.15, 0.2) is 5.82 Å². The van der Waals surface area contributed by atoms with Crippen molar-refractivity contribution in [2.45, 2.75) is 0 Å². The van der Waals surface area contributed by atoms with Crippen LogP contribution < -0.4 is 5.73 Å². The Balaban J connectivity index is 2.44. The van der Waals surface area contributed by atoms with E-state index < -0.39 is 0 Å². The van der Waals surface area contributed by atoms with Crippen LogP contribution in [0, 0.1) is 0 Å². The van der Waals surface area contributed by atoms with Crippen molar-refractivity contribution in [3.8, 4) is 5.69 Å². The summed E-state index contributed by atoms with van der Waals surface area (Å²) in [4.78, 5) is 0. The van der Waals surface area contributed by atoms with Gasteiger partial charge < -0.3 is 5.73 Å². The van der Waals surface area contributed by atoms with E-state index >= 15 is 0 Å². The highest BCUT2D eigenvalue weighted by Crippen LogP contribution is 2.20. The van der Waals surface area contributed by atoms with Gasteiger partial charge in [-0.2, -0.15) is 0 Å². The zero-order chi connectivity index (χ0) is 10.1. The minimum absolute atomic E-state index is 0.472. The van der Waals surface area contributed by atoms with Crippen molar-refractivity contribution < 1.29 is 0 Å². The lowest BCUT2D eigenvalue weighted by molar-refractivity contribution is 0.886. The predicted octanol–water partition coefficient (Wildman–Crippen LogP) is 2.87. The molecule has 2 N–H and O–H groups in total.